The lowest BCUT2D eigenvalue weighted by Gasteiger charge is -2.15. The number of hydrogen-bond donors (Lipinski definition) is 4. The van der Waals surface area contributed by atoms with E-state index in [-0.39, 0.29) is 24.2 Å². The molecule has 0 bridgehead atoms. The lowest BCUT2D eigenvalue weighted by Crippen LogP contribution is -2.18. The first kappa shape index (κ1) is 13.6. The van der Waals surface area contributed by atoms with Gasteiger partial charge >= 0.3 is 0 Å². The van der Waals surface area contributed by atoms with Gasteiger partial charge in [0.25, 0.3) is 0 Å². The van der Waals surface area contributed by atoms with Crippen LogP contribution in [-0.4, -0.2) is 5.84 Å². The summed E-state index contributed by atoms with van der Waals surface area (Å²) in [6, 6.07) is 3.62. The van der Waals surface area contributed by atoms with Crippen molar-refractivity contribution in [1.29, 1.82) is 5.41 Å². The highest BCUT2D eigenvalue weighted by molar-refractivity contribution is 6.03. The van der Waals surface area contributed by atoms with E-state index < -0.39 is 0 Å². The van der Waals surface area contributed by atoms with E-state index in [2.05, 4.69) is 0 Å². The van der Waals surface area contributed by atoms with Crippen LogP contribution in [0.2, 0.25) is 0 Å². The Kier molecular flexibility index (Phi) is 4.42. The third kappa shape index (κ3) is 2.53. The molecule has 1 aromatic carbocycles. The van der Waals surface area contributed by atoms with Crippen molar-refractivity contribution in [2.45, 2.75) is 19.8 Å². The Balaban J connectivity index is 0.00000196. The molecule has 0 heterocycles. The van der Waals surface area contributed by atoms with E-state index in [1.165, 1.54) is 0 Å². The molecule has 0 amide bonds. The smallest absolute Gasteiger partial charge is 0.125 e. The fraction of sp³-hybridized carbons (Fsp3) is 0.300. The highest BCUT2D eigenvalue weighted by atomic mass is 35.5. The summed E-state index contributed by atoms with van der Waals surface area (Å²) in [6.45, 7) is 4.05. The molecule has 0 spiro atoms. The van der Waals surface area contributed by atoms with Crippen LogP contribution >= 0.6 is 12.4 Å². The average molecular weight is 229 g/mol. The minimum atomic E-state index is -0.0292. The zero-order valence-corrected chi connectivity index (χ0v) is 9.69. The number of nitrogen functional groups attached to an aromatic ring is 3. The molecule has 4 nitrogen and oxygen atoms in total. The highest BCUT2D eigenvalue weighted by Gasteiger charge is 2.13. The molecule has 7 N–H and O–H groups in total. The van der Waals surface area contributed by atoms with Gasteiger partial charge in [0.1, 0.15) is 5.84 Å². The fourth-order valence-corrected chi connectivity index (χ4v) is 1.43. The Morgan fingerprint density at radius 1 is 1.27 bits per heavy atom. The van der Waals surface area contributed by atoms with Crippen molar-refractivity contribution in [3.8, 4) is 0 Å². The summed E-state index contributed by atoms with van der Waals surface area (Å²) in [7, 11) is 0. The molecule has 0 aliphatic carbocycles. The van der Waals surface area contributed by atoms with Gasteiger partial charge in [-0.05, 0) is 17.5 Å². The number of nitrogens with two attached hydrogens (primary N) is 3. The average Bonchev–Trinajstić information content (AvgIpc) is 2.08. The number of amidine groups is 1. The Hall–Kier alpha value is -1.42. The van der Waals surface area contributed by atoms with Gasteiger partial charge in [-0.25, -0.2) is 0 Å². The molecule has 0 aliphatic heterocycles. The maximum absolute atomic E-state index is 7.45. The van der Waals surface area contributed by atoms with Crippen LogP contribution in [0.15, 0.2) is 12.1 Å². The minimum absolute atomic E-state index is 0. The van der Waals surface area contributed by atoms with E-state index in [9.17, 15) is 0 Å². The van der Waals surface area contributed by atoms with Gasteiger partial charge in [0.15, 0.2) is 0 Å². The molecule has 5 heteroatoms. The molecule has 0 aromatic heterocycles. The number of benzene rings is 1. The van der Waals surface area contributed by atoms with Crippen LogP contribution in [0.1, 0.15) is 30.9 Å². The Morgan fingerprint density at radius 3 is 2.20 bits per heavy atom. The topological polar surface area (TPSA) is 102 Å². The van der Waals surface area contributed by atoms with E-state index in [0.29, 0.717) is 16.9 Å². The zero-order chi connectivity index (χ0) is 10.9. The van der Waals surface area contributed by atoms with Gasteiger partial charge in [-0.3, -0.25) is 5.41 Å². The number of anilines is 2. The van der Waals surface area contributed by atoms with E-state index >= 15 is 0 Å². The van der Waals surface area contributed by atoms with Crippen molar-refractivity contribution < 1.29 is 0 Å². The monoisotopic (exact) mass is 228 g/mol. The third-order valence-electron chi connectivity index (χ3n) is 2.20. The maximum Gasteiger partial charge on any atom is 0.125 e. The first-order valence-electron chi connectivity index (χ1n) is 4.47. The summed E-state index contributed by atoms with van der Waals surface area (Å²) in [4.78, 5) is 0. The van der Waals surface area contributed by atoms with Crippen LogP contribution in [0.5, 0.6) is 0 Å². The first-order valence-corrected chi connectivity index (χ1v) is 4.47. The summed E-state index contributed by atoms with van der Waals surface area (Å²) in [5.74, 6) is 0.246. The van der Waals surface area contributed by atoms with Crippen molar-refractivity contribution in [2.75, 3.05) is 11.5 Å². The predicted octanol–water partition coefficient (Wildman–Crippen LogP) is 1.68. The van der Waals surface area contributed by atoms with Crippen molar-refractivity contribution >= 4 is 29.6 Å². The lowest BCUT2D eigenvalue weighted by molar-refractivity contribution is 0.864. The minimum Gasteiger partial charge on any atom is -0.397 e. The molecule has 0 saturated heterocycles. The molecular formula is C10H17ClN4. The van der Waals surface area contributed by atoms with Gasteiger partial charge < -0.3 is 17.2 Å². The standard InChI is InChI=1S/C10H16N4.ClH/c1-5(2)6-3-4-7(11)9(12)8(6)10(13)14;/h3-5H,11-12H2,1-2H3,(H3,13,14);1H. The third-order valence-corrected chi connectivity index (χ3v) is 2.20. The van der Waals surface area contributed by atoms with Crippen LogP contribution in [-0.2, 0) is 0 Å². The van der Waals surface area contributed by atoms with Gasteiger partial charge in [-0.2, -0.15) is 0 Å². The second-order valence-corrected chi connectivity index (χ2v) is 3.60. The van der Waals surface area contributed by atoms with Gasteiger partial charge in [-0.15, -0.1) is 12.4 Å². The van der Waals surface area contributed by atoms with Crippen molar-refractivity contribution in [2.24, 2.45) is 5.73 Å². The lowest BCUT2D eigenvalue weighted by atomic mass is 9.94. The molecular weight excluding hydrogens is 212 g/mol. The van der Waals surface area contributed by atoms with Gasteiger partial charge in [-0.1, -0.05) is 19.9 Å². The Bertz CT molecular complexity index is 374. The summed E-state index contributed by atoms with van der Waals surface area (Å²) >= 11 is 0. The molecule has 84 valence electrons. The summed E-state index contributed by atoms with van der Waals surface area (Å²) in [6.07, 6.45) is 0. The fourth-order valence-electron chi connectivity index (χ4n) is 1.43. The number of halogens is 1. The van der Waals surface area contributed by atoms with Crippen molar-refractivity contribution in [3.63, 3.8) is 0 Å². The molecule has 1 aromatic rings. The van der Waals surface area contributed by atoms with E-state index in [4.69, 9.17) is 22.6 Å². The van der Waals surface area contributed by atoms with Crippen LogP contribution < -0.4 is 17.2 Å². The predicted molar refractivity (Wildman–Crippen MR) is 67.6 cm³/mol. The second-order valence-electron chi connectivity index (χ2n) is 3.60. The maximum atomic E-state index is 7.45. The normalized spacial score (nSPS) is 9.80. The molecule has 15 heavy (non-hydrogen) atoms. The van der Waals surface area contributed by atoms with Gasteiger partial charge in [0.05, 0.1) is 11.4 Å². The van der Waals surface area contributed by atoms with Crippen LogP contribution in [0.3, 0.4) is 0 Å². The van der Waals surface area contributed by atoms with Crippen LogP contribution in [0.4, 0.5) is 11.4 Å². The number of rotatable bonds is 2. The molecule has 0 unspecified atom stereocenters. The van der Waals surface area contributed by atoms with Gasteiger partial charge in [0.2, 0.25) is 0 Å². The quantitative estimate of drug-likeness (QED) is 0.352. The van der Waals surface area contributed by atoms with E-state index in [1.807, 2.05) is 19.9 Å². The molecule has 0 saturated carbocycles. The molecule has 0 atom stereocenters. The number of hydrogen-bond acceptors (Lipinski definition) is 3. The van der Waals surface area contributed by atoms with Crippen molar-refractivity contribution in [1.82, 2.24) is 0 Å². The zero-order valence-electron chi connectivity index (χ0n) is 8.87. The van der Waals surface area contributed by atoms with E-state index in [0.717, 1.165) is 5.56 Å². The van der Waals surface area contributed by atoms with Crippen molar-refractivity contribution in [3.05, 3.63) is 23.3 Å². The van der Waals surface area contributed by atoms with Crippen LogP contribution in [0, 0.1) is 5.41 Å². The first-order chi connectivity index (χ1) is 6.45. The highest BCUT2D eigenvalue weighted by Crippen LogP contribution is 2.28. The Labute approximate surface area is 95.7 Å². The second kappa shape index (κ2) is 4.89. The van der Waals surface area contributed by atoms with Crippen LogP contribution in [0.25, 0.3) is 0 Å². The molecule has 1 rings (SSSR count). The Morgan fingerprint density at radius 2 is 1.80 bits per heavy atom. The summed E-state index contributed by atoms with van der Waals surface area (Å²) in [5, 5.41) is 7.45. The molecule has 0 fully saturated rings. The largest absolute Gasteiger partial charge is 0.397 e. The number of nitrogens with one attached hydrogen (secondary N) is 1. The van der Waals surface area contributed by atoms with Gasteiger partial charge in [0, 0.05) is 5.56 Å². The SMILES string of the molecule is CC(C)c1ccc(N)c(N)c1C(=N)N.Cl. The molecule has 0 radical (unpaired) electrons. The summed E-state index contributed by atoms with van der Waals surface area (Å²) in [5.41, 5.74) is 19.3. The van der Waals surface area contributed by atoms with E-state index in [1.54, 1.807) is 6.07 Å². The summed E-state index contributed by atoms with van der Waals surface area (Å²) < 4.78 is 0. The molecule has 0 aliphatic rings.